The molecule has 0 aliphatic carbocycles. The molecule has 0 unspecified atom stereocenters. The van der Waals surface area contributed by atoms with E-state index in [1.807, 2.05) is 15.7 Å². The molecule has 4 nitrogen and oxygen atoms in total. The molecule has 150 valence electrons. The number of nitrogens with one attached hydrogen (secondary N) is 2. The summed E-state index contributed by atoms with van der Waals surface area (Å²) in [5, 5.41) is 5.87. The highest BCUT2D eigenvalue weighted by Gasteiger charge is 2.25. The first-order valence-corrected chi connectivity index (χ1v) is 12.1. The number of alkyl halides is 3. The van der Waals surface area contributed by atoms with E-state index in [1.54, 1.807) is 6.92 Å². The predicted molar refractivity (Wildman–Crippen MR) is 127 cm³/mol. The molecule has 0 saturated carbocycles. The molecule has 2 amide bonds. The van der Waals surface area contributed by atoms with Gasteiger partial charge in [-0.25, -0.2) is 0 Å². The maximum atomic E-state index is 11.7. The number of rotatable bonds is 15. The number of carbonyl (C=O) groups excluding carboxylic acids is 2. The van der Waals surface area contributed by atoms with E-state index in [9.17, 15) is 9.59 Å². The molecule has 0 aliphatic rings. The first kappa shape index (κ1) is 26.5. The van der Waals surface area contributed by atoms with Crippen LogP contribution in [-0.2, 0) is 9.59 Å². The van der Waals surface area contributed by atoms with Gasteiger partial charge in [0, 0.05) is 17.2 Å². The number of carbonyl (C=O) groups is 2. The SMILES string of the molecule is BC(B)(Br)C(=O)NCCCCCCCCCCCCNC(=O)C(C)(Br)Br. The zero-order valence-corrected chi connectivity index (χ0v) is 21.2. The van der Waals surface area contributed by atoms with E-state index in [-0.39, 0.29) is 11.8 Å². The van der Waals surface area contributed by atoms with E-state index in [0.717, 1.165) is 25.9 Å². The summed E-state index contributed by atoms with van der Waals surface area (Å²) in [6.45, 7) is 3.30. The Morgan fingerprint density at radius 1 is 0.692 bits per heavy atom. The highest BCUT2D eigenvalue weighted by Crippen LogP contribution is 2.24. The van der Waals surface area contributed by atoms with E-state index in [1.165, 1.54) is 51.4 Å². The summed E-state index contributed by atoms with van der Waals surface area (Å²) in [5.74, 6) is 0.0402. The van der Waals surface area contributed by atoms with Crippen LogP contribution in [0.25, 0.3) is 0 Å². The minimum atomic E-state index is -0.657. The van der Waals surface area contributed by atoms with Gasteiger partial charge in [-0.2, -0.15) is 0 Å². The van der Waals surface area contributed by atoms with E-state index in [4.69, 9.17) is 0 Å². The van der Waals surface area contributed by atoms with Gasteiger partial charge in [-0.15, -0.1) is 0 Å². The molecule has 0 aromatic rings. The Morgan fingerprint density at radius 2 is 1.00 bits per heavy atom. The van der Waals surface area contributed by atoms with Gasteiger partial charge in [-0.1, -0.05) is 99.2 Å². The molecule has 0 fully saturated rings. The Morgan fingerprint density at radius 3 is 1.31 bits per heavy atom. The highest BCUT2D eigenvalue weighted by atomic mass is 79.9. The van der Waals surface area contributed by atoms with Crippen molar-refractivity contribution in [3.05, 3.63) is 0 Å². The Hall–Kier alpha value is 0.510. The zero-order valence-electron chi connectivity index (χ0n) is 16.4. The molecule has 9 heteroatoms. The largest absolute Gasteiger partial charge is 0.356 e. The van der Waals surface area contributed by atoms with Crippen LogP contribution in [0.1, 0.15) is 71.1 Å². The molecular formula is C17H33B2Br3N2O2. The summed E-state index contributed by atoms with van der Waals surface area (Å²) in [5.41, 5.74) is 0. The number of halogens is 3. The van der Waals surface area contributed by atoms with Crippen molar-refractivity contribution in [1.29, 1.82) is 0 Å². The van der Waals surface area contributed by atoms with Gasteiger partial charge in [0.2, 0.25) is 11.8 Å². The Kier molecular flexibility index (Phi) is 14.8. The quantitative estimate of drug-likeness (QED) is 0.185. The lowest BCUT2D eigenvalue weighted by atomic mass is 9.70. The van der Waals surface area contributed by atoms with Gasteiger partial charge >= 0.3 is 0 Å². The summed E-state index contributed by atoms with van der Waals surface area (Å²) in [6, 6.07) is 0. The van der Waals surface area contributed by atoms with Crippen LogP contribution in [0.2, 0.25) is 0 Å². The maximum Gasteiger partial charge on any atom is 0.247 e. The summed E-state index contributed by atoms with van der Waals surface area (Å²) in [7, 11) is 3.72. The first-order chi connectivity index (χ1) is 12.0. The van der Waals surface area contributed by atoms with Crippen LogP contribution in [0.3, 0.4) is 0 Å². The average molecular weight is 559 g/mol. The van der Waals surface area contributed by atoms with Gasteiger partial charge in [-0.3, -0.25) is 9.59 Å². The van der Waals surface area contributed by atoms with Gasteiger partial charge in [-0.05, 0) is 19.8 Å². The standard InChI is InChI=1S/C17H33B2Br3N2O2/c1-16(20,21)14(25)23-12-10-8-6-4-2-3-5-7-9-11-13-24-15(26)17(18,19)22/h2-13,18-19H2,1H3,(H,23,25)(H,24,26). The van der Waals surface area contributed by atoms with Crippen molar-refractivity contribution in [3.63, 3.8) is 0 Å². The van der Waals surface area contributed by atoms with E-state index in [0.29, 0.717) is 0 Å². The number of unbranched alkanes of at least 4 members (excludes halogenated alkanes) is 9. The molecule has 0 spiro atoms. The van der Waals surface area contributed by atoms with Crippen LogP contribution >= 0.6 is 47.8 Å². The van der Waals surface area contributed by atoms with Crippen molar-refractivity contribution in [2.45, 2.75) is 78.5 Å². The average Bonchev–Trinajstić information content (AvgIpc) is 2.52. The molecule has 0 heterocycles. The van der Waals surface area contributed by atoms with Crippen LogP contribution in [0.15, 0.2) is 0 Å². The zero-order chi connectivity index (χ0) is 20.1. The highest BCUT2D eigenvalue weighted by molar-refractivity contribution is 9.25. The second kappa shape index (κ2) is 14.5. The predicted octanol–water partition coefficient (Wildman–Crippen LogP) is 2.94. The Bertz CT molecular complexity index is 376. The smallest absolute Gasteiger partial charge is 0.247 e. The molecule has 0 aromatic carbocycles. The lowest BCUT2D eigenvalue weighted by molar-refractivity contribution is -0.121. The second-order valence-electron chi connectivity index (χ2n) is 7.41. The molecule has 0 atom stereocenters. The van der Waals surface area contributed by atoms with Crippen LogP contribution in [0.4, 0.5) is 0 Å². The summed E-state index contributed by atoms with van der Waals surface area (Å²) >= 11 is 9.92. The molecule has 26 heavy (non-hydrogen) atoms. The van der Waals surface area contributed by atoms with Gasteiger partial charge < -0.3 is 10.6 Å². The molecule has 0 saturated heterocycles. The minimum Gasteiger partial charge on any atom is -0.356 e. The topological polar surface area (TPSA) is 58.2 Å². The molecule has 0 radical (unpaired) electrons. The van der Waals surface area contributed by atoms with Crippen molar-refractivity contribution in [3.8, 4) is 0 Å². The van der Waals surface area contributed by atoms with Crippen molar-refractivity contribution < 1.29 is 9.59 Å². The van der Waals surface area contributed by atoms with E-state index >= 15 is 0 Å². The van der Waals surface area contributed by atoms with Crippen molar-refractivity contribution in [1.82, 2.24) is 10.6 Å². The van der Waals surface area contributed by atoms with Crippen molar-refractivity contribution >= 4 is 75.3 Å². The number of amides is 2. The fourth-order valence-electron chi connectivity index (χ4n) is 2.43. The summed E-state index contributed by atoms with van der Waals surface area (Å²) in [6.07, 6.45) is 12.1. The van der Waals surface area contributed by atoms with Gasteiger partial charge in [0.25, 0.3) is 0 Å². The van der Waals surface area contributed by atoms with Crippen LogP contribution < -0.4 is 10.6 Å². The Balaban J connectivity index is 3.28. The van der Waals surface area contributed by atoms with Crippen molar-refractivity contribution in [2.75, 3.05) is 13.1 Å². The summed E-state index contributed by atoms with van der Waals surface area (Å²) in [4.78, 5) is 23.3. The third-order valence-electron chi connectivity index (χ3n) is 4.11. The molecule has 0 rings (SSSR count). The fourth-order valence-corrected chi connectivity index (χ4v) is 2.85. The molecule has 0 aromatic heterocycles. The normalized spacial score (nSPS) is 12.0. The van der Waals surface area contributed by atoms with Crippen LogP contribution in [-0.4, -0.2) is 48.0 Å². The first-order valence-electron chi connectivity index (χ1n) is 9.68. The van der Waals surface area contributed by atoms with Gasteiger partial charge in [0.1, 0.15) is 15.7 Å². The second-order valence-corrected chi connectivity index (χ2v) is 13.6. The van der Waals surface area contributed by atoms with Crippen molar-refractivity contribution in [2.24, 2.45) is 0 Å². The molecular weight excluding hydrogens is 526 g/mol. The minimum absolute atomic E-state index is 0.0204. The van der Waals surface area contributed by atoms with E-state index < -0.39 is 7.36 Å². The molecule has 0 bridgehead atoms. The van der Waals surface area contributed by atoms with E-state index in [2.05, 4.69) is 58.4 Å². The lowest BCUT2D eigenvalue weighted by Crippen LogP contribution is -2.43. The van der Waals surface area contributed by atoms with Crippen LogP contribution in [0.5, 0.6) is 0 Å². The monoisotopic (exact) mass is 556 g/mol. The molecule has 0 aliphatic heterocycles. The third kappa shape index (κ3) is 15.6. The maximum absolute atomic E-state index is 11.7. The number of hydrogen-bond acceptors (Lipinski definition) is 2. The number of hydrogen-bond donors (Lipinski definition) is 2. The third-order valence-corrected chi connectivity index (χ3v) is 5.19. The van der Waals surface area contributed by atoms with Crippen LogP contribution in [0, 0.1) is 0 Å². The summed E-state index contributed by atoms with van der Waals surface area (Å²) < 4.78 is -1.13. The molecule has 2 N–H and O–H groups in total. The van der Waals surface area contributed by atoms with Gasteiger partial charge in [0.05, 0.1) is 0 Å². The lowest BCUT2D eigenvalue weighted by Gasteiger charge is -2.15. The Labute approximate surface area is 186 Å². The van der Waals surface area contributed by atoms with Gasteiger partial charge in [0.15, 0.2) is 3.23 Å². The fraction of sp³-hybridized carbons (Fsp3) is 0.882.